The smallest absolute Gasteiger partial charge is 0.191 e. The van der Waals surface area contributed by atoms with E-state index in [2.05, 4.69) is 46.6 Å². The standard InChI is InChI=1S/C14H27N5.HI/c1-11(2)6-5-7-12(3)18-14(15-4)16-10-13-8-9-17-19-13;/h8-9,11-12H,5-7,10H2,1-4H3,(H,17,19)(H2,15,16,18);1H. The van der Waals surface area contributed by atoms with Crippen LogP contribution in [0.5, 0.6) is 0 Å². The molecule has 0 aromatic carbocycles. The number of halogens is 1. The van der Waals surface area contributed by atoms with Gasteiger partial charge in [-0.15, -0.1) is 24.0 Å². The van der Waals surface area contributed by atoms with Gasteiger partial charge in [-0.1, -0.05) is 26.7 Å². The number of guanidine groups is 1. The second-order valence-corrected chi connectivity index (χ2v) is 5.38. The first-order valence-electron chi connectivity index (χ1n) is 7.07. The van der Waals surface area contributed by atoms with Crippen molar-refractivity contribution in [2.45, 2.75) is 52.6 Å². The Hall–Kier alpha value is -0.790. The van der Waals surface area contributed by atoms with Gasteiger partial charge in [0, 0.05) is 19.3 Å². The maximum absolute atomic E-state index is 4.23. The number of aromatic nitrogens is 2. The summed E-state index contributed by atoms with van der Waals surface area (Å²) in [6.07, 6.45) is 5.46. The van der Waals surface area contributed by atoms with E-state index in [-0.39, 0.29) is 24.0 Å². The first kappa shape index (κ1) is 19.2. The summed E-state index contributed by atoms with van der Waals surface area (Å²) in [7, 11) is 1.79. The lowest BCUT2D eigenvalue weighted by Crippen LogP contribution is -2.41. The highest BCUT2D eigenvalue weighted by Gasteiger charge is 2.05. The number of aromatic amines is 1. The molecular formula is C14H28IN5. The molecule has 1 unspecified atom stereocenters. The van der Waals surface area contributed by atoms with Crippen LogP contribution in [0.4, 0.5) is 0 Å². The molecule has 0 spiro atoms. The summed E-state index contributed by atoms with van der Waals surface area (Å²) in [5, 5.41) is 13.5. The molecule has 0 saturated heterocycles. The SMILES string of the molecule is CN=C(NCc1ccn[nH]1)NC(C)CCCC(C)C.I. The van der Waals surface area contributed by atoms with E-state index in [1.165, 1.54) is 19.3 Å². The van der Waals surface area contributed by atoms with Gasteiger partial charge in [-0.3, -0.25) is 10.1 Å². The molecule has 20 heavy (non-hydrogen) atoms. The molecule has 0 amide bonds. The van der Waals surface area contributed by atoms with E-state index in [0.29, 0.717) is 12.6 Å². The molecule has 1 rings (SSSR count). The normalized spacial score (nSPS) is 12.9. The van der Waals surface area contributed by atoms with Crippen LogP contribution >= 0.6 is 24.0 Å². The lowest BCUT2D eigenvalue weighted by Gasteiger charge is -2.18. The van der Waals surface area contributed by atoms with Gasteiger partial charge in [-0.2, -0.15) is 5.10 Å². The third-order valence-corrected chi connectivity index (χ3v) is 3.03. The molecule has 6 heteroatoms. The molecule has 0 bridgehead atoms. The number of hydrogen-bond acceptors (Lipinski definition) is 2. The van der Waals surface area contributed by atoms with E-state index in [9.17, 15) is 0 Å². The van der Waals surface area contributed by atoms with Crippen LogP contribution in [0.3, 0.4) is 0 Å². The van der Waals surface area contributed by atoms with E-state index >= 15 is 0 Å². The van der Waals surface area contributed by atoms with Gasteiger partial charge < -0.3 is 10.6 Å². The average molecular weight is 393 g/mol. The van der Waals surface area contributed by atoms with Crippen LogP contribution in [0.2, 0.25) is 0 Å². The second kappa shape index (κ2) is 10.9. The lowest BCUT2D eigenvalue weighted by atomic mass is 10.0. The fourth-order valence-electron chi connectivity index (χ4n) is 1.89. The maximum atomic E-state index is 4.23. The van der Waals surface area contributed by atoms with Crippen molar-refractivity contribution >= 4 is 29.9 Å². The molecule has 3 N–H and O–H groups in total. The average Bonchev–Trinajstić information content (AvgIpc) is 2.87. The van der Waals surface area contributed by atoms with Gasteiger partial charge in [0.05, 0.1) is 12.2 Å². The monoisotopic (exact) mass is 393 g/mol. The Kier molecular flexibility index (Phi) is 10.5. The first-order chi connectivity index (χ1) is 9.11. The zero-order chi connectivity index (χ0) is 14.1. The lowest BCUT2D eigenvalue weighted by molar-refractivity contribution is 0.491. The molecule has 0 fully saturated rings. The van der Waals surface area contributed by atoms with Gasteiger partial charge in [0.25, 0.3) is 0 Å². The van der Waals surface area contributed by atoms with E-state index in [4.69, 9.17) is 0 Å². The maximum Gasteiger partial charge on any atom is 0.191 e. The number of hydrogen-bond donors (Lipinski definition) is 3. The van der Waals surface area contributed by atoms with Crippen molar-refractivity contribution in [3.05, 3.63) is 18.0 Å². The molecule has 0 aliphatic rings. The Morgan fingerprint density at radius 1 is 1.35 bits per heavy atom. The topological polar surface area (TPSA) is 65.1 Å². The zero-order valence-corrected chi connectivity index (χ0v) is 15.3. The van der Waals surface area contributed by atoms with Crippen molar-refractivity contribution in [1.29, 1.82) is 0 Å². The van der Waals surface area contributed by atoms with Crippen molar-refractivity contribution in [2.24, 2.45) is 10.9 Å². The quantitative estimate of drug-likeness (QED) is 0.379. The predicted octanol–water partition coefficient (Wildman–Crippen LogP) is 2.91. The van der Waals surface area contributed by atoms with Crippen LogP contribution < -0.4 is 10.6 Å². The summed E-state index contributed by atoms with van der Waals surface area (Å²) in [6, 6.07) is 2.39. The third kappa shape index (κ3) is 8.39. The summed E-state index contributed by atoms with van der Waals surface area (Å²) >= 11 is 0. The molecule has 0 aliphatic heterocycles. The van der Waals surface area contributed by atoms with Gasteiger partial charge in [-0.25, -0.2) is 0 Å². The predicted molar refractivity (Wildman–Crippen MR) is 95.5 cm³/mol. The second-order valence-electron chi connectivity index (χ2n) is 5.38. The van der Waals surface area contributed by atoms with Crippen molar-refractivity contribution in [2.75, 3.05) is 7.05 Å². The molecule has 5 nitrogen and oxygen atoms in total. The summed E-state index contributed by atoms with van der Waals surface area (Å²) in [5.74, 6) is 1.62. The Morgan fingerprint density at radius 2 is 2.10 bits per heavy atom. The van der Waals surface area contributed by atoms with Crippen LogP contribution in [-0.2, 0) is 6.54 Å². The van der Waals surface area contributed by atoms with Crippen molar-refractivity contribution in [1.82, 2.24) is 20.8 Å². The van der Waals surface area contributed by atoms with Crippen molar-refractivity contribution in [3.8, 4) is 0 Å². The largest absolute Gasteiger partial charge is 0.354 e. The van der Waals surface area contributed by atoms with Crippen LogP contribution in [-0.4, -0.2) is 29.2 Å². The van der Waals surface area contributed by atoms with Gasteiger partial charge >= 0.3 is 0 Å². The molecule has 0 aliphatic carbocycles. The van der Waals surface area contributed by atoms with Gasteiger partial charge in [0.1, 0.15) is 0 Å². The third-order valence-electron chi connectivity index (χ3n) is 3.03. The molecule has 1 atom stereocenters. The minimum absolute atomic E-state index is 0. The molecule has 1 aromatic heterocycles. The minimum Gasteiger partial charge on any atom is -0.354 e. The summed E-state index contributed by atoms with van der Waals surface area (Å²) in [5.41, 5.74) is 1.05. The highest BCUT2D eigenvalue weighted by atomic mass is 127. The van der Waals surface area contributed by atoms with Gasteiger partial charge in [0.15, 0.2) is 5.96 Å². The molecule has 1 aromatic rings. The number of rotatable bonds is 7. The van der Waals surface area contributed by atoms with Crippen molar-refractivity contribution in [3.63, 3.8) is 0 Å². The van der Waals surface area contributed by atoms with Crippen LogP contribution in [0.15, 0.2) is 17.3 Å². The first-order valence-corrected chi connectivity index (χ1v) is 7.07. The molecule has 1 heterocycles. The fraction of sp³-hybridized carbons (Fsp3) is 0.714. The highest BCUT2D eigenvalue weighted by Crippen LogP contribution is 2.08. The van der Waals surface area contributed by atoms with E-state index in [1.54, 1.807) is 13.2 Å². The Labute approximate surface area is 139 Å². The molecule has 0 saturated carbocycles. The van der Waals surface area contributed by atoms with Crippen LogP contribution in [0.25, 0.3) is 0 Å². The summed E-state index contributed by atoms with van der Waals surface area (Å²) in [6.45, 7) is 7.44. The number of aliphatic imine (C=N–C) groups is 1. The zero-order valence-electron chi connectivity index (χ0n) is 12.9. The fourth-order valence-corrected chi connectivity index (χ4v) is 1.89. The molecule has 0 radical (unpaired) electrons. The van der Waals surface area contributed by atoms with E-state index in [0.717, 1.165) is 17.6 Å². The highest BCUT2D eigenvalue weighted by molar-refractivity contribution is 14.0. The Balaban J connectivity index is 0.00000361. The van der Waals surface area contributed by atoms with E-state index < -0.39 is 0 Å². The number of nitrogens with one attached hydrogen (secondary N) is 3. The van der Waals surface area contributed by atoms with E-state index in [1.807, 2.05) is 6.07 Å². The summed E-state index contributed by atoms with van der Waals surface area (Å²) < 4.78 is 0. The number of nitrogens with zero attached hydrogens (tertiary/aromatic N) is 2. The molecule has 116 valence electrons. The Morgan fingerprint density at radius 3 is 2.65 bits per heavy atom. The Bertz CT molecular complexity index is 362. The van der Waals surface area contributed by atoms with Gasteiger partial charge in [-0.05, 0) is 25.3 Å². The van der Waals surface area contributed by atoms with Gasteiger partial charge in [0.2, 0.25) is 0 Å². The minimum atomic E-state index is 0. The number of H-pyrrole nitrogens is 1. The van der Waals surface area contributed by atoms with Crippen molar-refractivity contribution < 1.29 is 0 Å². The van der Waals surface area contributed by atoms with Crippen LogP contribution in [0, 0.1) is 5.92 Å². The summed E-state index contributed by atoms with van der Waals surface area (Å²) in [4.78, 5) is 4.23. The van der Waals surface area contributed by atoms with Crippen LogP contribution in [0.1, 0.15) is 45.7 Å². The molecular weight excluding hydrogens is 365 g/mol.